The van der Waals surface area contributed by atoms with Crippen LogP contribution in [0.4, 0.5) is 0 Å². The molecule has 0 bridgehead atoms. The number of tetrazole rings is 1. The van der Waals surface area contributed by atoms with E-state index in [9.17, 15) is 4.79 Å². The van der Waals surface area contributed by atoms with Crippen molar-refractivity contribution in [1.82, 2.24) is 24.7 Å². The average Bonchev–Trinajstić information content (AvgIpc) is 2.96. The zero-order valence-corrected chi connectivity index (χ0v) is 14.1. The maximum Gasteiger partial charge on any atom is 0.369 e. The summed E-state index contributed by atoms with van der Waals surface area (Å²) in [7, 11) is 0. The second-order valence-corrected chi connectivity index (χ2v) is 5.80. The lowest BCUT2D eigenvalue weighted by molar-refractivity contribution is 0.204. The molecule has 0 saturated heterocycles. The molecule has 3 rings (SSSR count). The van der Waals surface area contributed by atoms with Crippen molar-refractivity contribution >= 4 is 11.6 Å². The van der Waals surface area contributed by atoms with Gasteiger partial charge in [0.15, 0.2) is 0 Å². The molecule has 0 aliphatic rings. The summed E-state index contributed by atoms with van der Waals surface area (Å²) in [5.74, 6) is 0. The van der Waals surface area contributed by atoms with E-state index in [1.165, 1.54) is 14.9 Å². The van der Waals surface area contributed by atoms with Gasteiger partial charge in [0.2, 0.25) is 0 Å². The van der Waals surface area contributed by atoms with Crippen LogP contribution in [0.1, 0.15) is 12.5 Å². The van der Waals surface area contributed by atoms with E-state index in [1.807, 2.05) is 25.1 Å². The number of rotatable bonds is 6. The lowest BCUT2D eigenvalue weighted by Gasteiger charge is -2.19. The van der Waals surface area contributed by atoms with Gasteiger partial charge >= 0.3 is 5.69 Å². The van der Waals surface area contributed by atoms with Crippen LogP contribution in [-0.4, -0.2) is 31.2 Å². The first-order chi connectivity index (χ1) is 11.7. The second kappa shape index (κ2) is 7.42. The first kappa shape index (κ1) is 16.4. The molecule has 0 aliphatic carbocycles. The van der Waals surface area contributed by atoms with Gasteiger partial charge in [-0.1, -0.05) is 61.0 Å². The minimum Gasteiger partial charge on any atom is -0.280 e. The number of hydrogen-bond acceptors (Lipinski definition) is 4. The molecule has 6 nitrogen and oxygen atoms in total. The van der Waals surface area contributed by atoms with Crippen molar-refractivity contribution in [3.05, 3.63) is 75.7 Å². The third-order valence-corrected chi connectivity index (χ3v) is 4.07. The Morgan fingerprint density at radius 2 is 1.75 bits per heavy atom. The van der Waals surface area contributed by atoms with E-state index in [0.717, 1.165) is 13.1 Å². The van der Waals surface area contributed by atoms with Gasteiger partial charge < -0.3 is 0 Å². The fourth-order valence-corrected chi connectivity index (χ4v) is 2.65. The van der Waals surface area contributed by atoms with Gasteiger partial charge in [0.25, 0.3) is 0 Å². The van der Waals surface area contributed by atoms with Crippen molar-refractivity contribution in [2.45, 2.75) is 20.1 Å². The van der Waals surface area contributed by atoms with Gasteiger partial charge in [0.1, 0.15) is 6.67 Å². The smallest absolute Gasteiger partial charge is 0.280 e. The standard InChI is InChI=1S/C17H18ClN5O/c1-2-21(12-14-8-4-3-5-9-14)13-22-17(24)23(20-19-22)16-11-7-6-10-15(16)18/h3-11H,2,12-13H2,1H3. The molecule has 1 aromatic heterocycles. The van der Waals surface area contributed by atoms with Crippen molar-refractivity contribution in [2.24, 2.45) is 0 Å². The summed E-state index contributed by atoms with van der Waals surface area (Å²) < 4.78 is 2.56. The summed E-state index contributed by atoms with van der Waals surface area (Å²) in [5.41, 5.74) is 1.40. The van der Waals surface area contributed by atoms with Crippen molar-refractivity contribution < 1.29 is 0 Å². The summed E-state index contributed by atoms with van der Waals surface area (Å²) in [6.45, 7) is 3.95. The summed E-state index contributed by atoms with van der Waals surface area (Å²) in [5, 5.41) is 8.39. The average molecular weight is 344 g/mol. The Labute approximate surface area is 144 Å². The predicted molar refractivity (Wildman–Crippen MR) is 93.2 cm³/mol. The van der Waals surface area contributed by atoms with E-state index in [2.05, 4.69) is 27.5 Å². The molecule has 124 valence electrons. The molecular weight excluding hydrogens is 326 g/mol. The Morgan fingerprint density at radius 3 is 2.46 bits per heavy atom. The van der Waals surface area contributed by atoms with Gasteiger partial charge in [-0.15, -0.1) is 0 Å². The number of aromatic nitrogens is 4. The highest BCUT2D eigenvalue weighted by molar-refractivity contribution is 6.32. The van der Waals surface area contributed by atoms with Gasteiger partial charge in [-0.25, -0.2) is 4.79 Å². The first-order valence-electron chi connectivity index (χ1n) is 7.73. The van der Waals surface area contributed by atoms with Crippen molar-refractivity contribution in [1.29, 1.82) is 0 Å². The molecule has 0 atom stereocenters. The van der Waals surface area contributed by atoms with Gasteiger partial charge in [-0.05, 0) is 34.7 Å². The maximum atomic E-state index is 12.5. The van der Waals surface area contributed by atoms with Crippen molar-refractivity contribution in [3.8, 4) is 5.69 Å². The predicted octanol–water partition coefficient (Wildman–Crippen LogP) is 2.56. The van der Waals surface area contributed by atoms with Gasteiger partial charge in [-0.2, -0.15) is 9.36 Å². The minimum absolute atomic E-state index is 0.311. The Kier molecular flexibility index (Phi) is 5.08. The molecule has 0 spiro atoms. The molecule has 0 fully saturated rings. The summed E-state index contributed by atoms with van der Waals surface area (Å²) in [6, 6.07) is 17.2. The zero-order chi connectivity index (χ0) is 16.9. The molecular formula is C17H18ClN5O. The lowest BCUT2D eigenvalue weighted by atomic mass is 10.2. The molecule has 24 heavy (non-hydrogen) atoms. The SMILES string of the molecule is CCN(Cc1ccccc1)Cn1nnn(-c2ccccc2Cl)c1=O. The number of para-hydroxylation sites is 1. The largest absolute Gasteiger partial charge is 0.369 e. The molecule has 1 heterocycles. The van der Waals surface area contributed by atoms with Gasteiger partial charge in [0, 0.05) is 6.54 Å². The minimum atomic E-state index is -0.311. The second-order valence-electron chi connectivity index (χ2n) is 5.40. The normalized spacial score (nSPS) is 11.1. The monoisotopic (exact) mass is 343 g/mol. The molecule has 7 heteroatoms. The Bertz CT molecular complexity index is 859. The molecule has 0 aliphatic heterocycles. The molecule has 0 saturated carbocycles. The van der Waals surface area contributed by atoms with Crippen LogP contribution in [0.5, 0.6) is 0 Å². The van der Waals surface area contributed by atoms with E-state index in [0.29, 0.717) is 17.4 Å². The summed E-state index contributed by atoms with van der Waals surface area (Å²) in [4.78, 5) is 14.7. The van der Waals surface area contributed by atoms with Crippen LogP contribution in [0.25, 0.3) is 5.69 Å². The Hall–Kier alpha value is -2.44. The highest BCUT2D eigenvalue weighted by atomic mass is 35.5. The van der Waals surface area contributed by atoms with Gasteiger partial charge in [-0.3, -0.25) is 4.90 Å². The Balaban J connectivity index is 1.81. The van der Waals surface area contributed by atoms with Crippen LogP contribution < -0.4 is 5.69 Å². The number of benzene rings is 2. The van der Waals surface area contributed by atoms with Crippen LogP contribution in [0.2, 0.25) is 5.02 Å². The van der Waals surface area contributed by atoms with Crippen molar-refractivity contribution in [3.63, 3.8) is 0 Å². The van der Waals surface area contributed by atoms with Crippen LogP contribution in [0.3, 0.4) is 0 Å². The molecule has 0 unspecified atom stereocenters. The van der Waals surface area contributed by atoms with Crippen LogP contribution in [-0.2, 0) is 13.2 Å². The molecule has 0 radical (unpaired) electrons. The van der Waals surface area contributed by atoms with E-state index in [4.69, 9.17) is 11.6 Å². The topological polar surface area (TPSA) is 56.0 Å². The zero-order valence-electron chi connectivity index (χ0n) is 13.3. The van der Waals surface area contributed by atoms with E-state index >= 15 is 0 Å². The first-order valence-corrected chi connectivity index (χ1v) is 8.11. The Morgan fingerprint density at radius 1 is 1.04 bits per heavy atom. The fourth-order valence-electron chi connectivity index (χ4n) is 2.43. The molecule has 2 aromatic carbocycles. The quantitative estimate of drug-likeness (QED) is 0.690. The summed E-state index contributed by atoms with van der Waals surface area (Å²) in [6.07, 6.45) is 0. The highest BCUT2D eigenvalue weighted by Crippen LogP contribution is 2.16. The van der Waals surface area contributed by atoms with Crippen molar-refractivity contribution in [2.75, 3.05) is 6.54 Å². The van der Waals surface area contributed by atoms with Crippen LogP contribution >= 0.6 is 11.6 Å². The number of nitrogens with zero attached hydrogens (tertiary/aromatic N) is 5. The molecule has 0 amide bonds. The van der Waals surface area contributed by atoms with Crippen LogP contribution in [0.15, 0.2) is 59.4 Å². The molecule has 3 aromatic rings. The number of halogens is 1. The molecule has 0 N–H and O–H groups in total. The maximum absolute atomic E-state index is 12.5. The van der Waals surface area contributed by atoms with E-state index < -0.39 is 0 Å². The number of hydrogen-bond donors (Lipinski definition) is 0. The fraction of sp³-hybridized carbons (Fsp3) is 0.235. The van der Waals surface area contributed by atoms with Crippen LogP contribution in [0, 0.1) is 0 Å². The van der Waals surface area contributed by atoms with E-state index in [-0.39, 0.29) is 5.69 Å². The third-order valence-electron chi connectivity index (χ3n) is 3.75. The van der Waals surface area contributed by atoms with Gasteiger partial charge in [0.05, 0.1) is 10.7 Å². The third kappa shape index (κ3) is 3.55. The summed E-state index contributed by atoms with van der Waals surface area (Å²) >= 11 is 6.13. The van der Waals surface area contributed by atoms with E-state index in [1.54, 1.807) is 24.3 Å². The highest BCUT2D eigenvalue weighted by Gasteiger charge is 2.13. The lowest BCUT2D eigenvalue weighted by Crippen LogP contribution is -2.33.